The fourth-order valence-corrected chi connectivity index (χ4v) is 7.53. The molecule has 6 rings (SSSR count). The standard InChI is InChI=1S/C36H39N6O7P/c1-16-13-25-28(22(7)19(16)4)40(10)34(43)31(37-25)47-50(46,48-32-35(44)41(11)29-23(8)20(5)17(2)14-26(29)38-32)49-33-36(45)42(12)30-24(9)21(6)18(3)15-27(30)39-33/h13-15H,1-12H3. The number of aromatic nitrogens is 6. The van der Waals surface area contributed by atoms with Crippen LogP contribution in [-0.2, 0) is 25.7 Å². The third-order valence-electron chi connectivity index (χ3n) is 10.0. The van der Waals surface area contributed by atoms with Crippen LogP contribution >= 0.6 is 7.82 Å². The van der Waals surface area contributed by atoms with Crippen LogP contribution in [0, 0.1) is 62.3 Å². The van der Waals surface area contributed by atoms with Gasteiger partial charge in [-0.25, -0.2) is 15.0 Å². The molecule has 0 fully saturated rings. The van der Waals surface area contributed by atoms with E-state index in [2.05, 4.69) is 15.0 Å². The second-order valence-corrected chi connectivity index (χ2v) is 14.4. The lowest BCUT2D eigenvalue weighted by atomic mass is 10.0. The largest absolute Gasteiger partial charge is 0.651 e. The van der Waals surface area contributed by atoms with Crippen molar-refractivity contribution in [2.24, 2.45) is 21.1 Å². The summed E-state index contributed by atoms with van der Waals surface area (Å²) in [5, 5.41) is 0. The molecule has 0 radical (unpaired) electrons. The van der Waals surface area contributed by atoms with Crippen LogP contribution in [0.3, 0.4) is 0 Å². The molecule has 13 nitrogen and oxygen atoms in total. The Bertz CT molecular complexity index is 2420. The van der Waals surface area contributed by atoms with Crippen molar-refractivity contribution >= 4 is 40.9 Å². The van der Waals surface area contributed by atoms with Gasteiger partial charge in [-0.15, -0.1) is 0 Å². The SMILES string of the molecule is Cc1cc2nc(OP(=O)(Oc3nc4cc(C)c(C)c(C)c4n(C)c3=O)Oc3nc4cc(C)c(C)c(C)c4n(C)c3=O)c(=O)n(C)c2c(C)c1C. The van der Waals surface area contributed by atoms with E-state index in [0.29, 0.717) is 33.1 Å². The van der Waals surface area contributed by atoms with Crippen molar-refractivity contribution in [2.45, 2.75) is 62.3 Å². The monoisotopic (exact) mass is 698 g/mol. The van der Waals surface area contributed by atoms with Crippen molar-refractivity contribution in [3.63, 3.8) is 0 Å². The molecule has 3 aromatic heterocycles. The summed E-state index contributed by atoms with van der Waals surface area (Å²) in [6.07, 6.45) is 0. The van der Waals surface area contributed by atoms with E-state index in [1.807, 2.05) is 62.3 Å². The summed E-state index contributed by atoms with van der Waals surface area (Å²) >= 11 is 0. The Morgan fingerprint density at radius 1 is 0.460 bits per heavy atom. The molecule has 0 bridgehead atoms. The van der Waals surface area contributed by atoms with Crippen molar-refractivity contribution in [3.8, 4) is 17.6 Å². The first-order valence-electron chi connectivity index (χ1n) is 16.0. The molecule has 0 N–H and O–H groups in total. The molecule has 260 valence electrons. The second-order valence-electron chi connectivity index (χ2n) is 13.0. The quantitative estimate of drug-likeness (QED) is 0.194. The number of fused-ring (bicyclic) bond motifs is 3. The maximum absolute atomic E-state index is 14.9. The second kappa shape index (κ2) is 11.9. The lowest BCUT2D eigenvalue weighted by Crippen LogP contribution is -2.27. The van der Waals surface area contributed by atoms with Crippen LogP contribution in [0.2, 0.25) is 0 Å². The van der Waals surface area contributed by atoms with Crippen LogP contribution in [0.15, 0.2) is 32.6 Å². The number of rotatable bonds is 6. The molecule has 0 unspecified atom stereocenters. The van der Waals surface area contributed by atoms with Gasteiger partial charge in [0.15, 0.2) is 0 Å². The average molecular weight is 699 g/mol. The minimum absolute atomic E-state index is 0.386. The Balaban J connectivity index is 1.58. The fraction of sp³-hybridized carbons (Fsp3) is 0.333. The molecule has 0 aliphatic rings. The van der Waals surface area contributed by atoms with E-state index in [1.54, 1.807) is 18.2 Å². The van der Waals surface area contributed by atoms with E-state index >= 15 is 0 Å². The van der Waals surface area contributed by atoms with Gasteiger partial charge < -0.3 is 27.3 Å². The first kappa shape index (κ1) is 34.6. The van der Waals surface area contributed by atoms with E-state index in [1.165, 1.54) is 34.8 Å². The number of aryl methyl sites for hydroxylation is 9. The van der Waals surface area contributed by atoms with Crippen molar-refractivity contribution in [3.05, 3.63) is 99.3 Å². The number of nitrogens with zero attached hydrogens (tertiary/aromatic N) is 6. The number of phosphoric ester groups is 1. The summed E-state index contributed by atoms with van der Waals surface area (Å²) < 4.78 is 36.2. The molecular weight excluding hydrogens is 659 g/mol. The molecule has 14 heteroatoms. The lowest BCUT2D eigenvalue weighted by molar-refractivity contribution is 0.282. The molecular formula is C36H39N6O7P. The van der Waals surface area contributed by atoms with Gasteiger partial charge in [0.1, 0.15) is 0 Å². The summed E-state index contributed by atoms with van der Waals surface area (Å²) in [6, 6.07) is 5.32. The Labute approximate surface area is 287 Å². The van der Waals surface area contributed by atoms with Gasteiger partial charge in [-0.3, -0.25) is 14.4 Å². The Morgan fingerprint density at radius 2 is 0.700 bits per heavy atom. The highest BCUT2D eigenvalue weighted by atomic mass is 31.2. The van der Waals surface area contributed by atoms with Gasteiger partial charge in [-0.1, -0.05) is 0 Å². The first-order chi connectivity index (χ1) is 23.3. The predicted molar refractivity (Wildman–Crippen MR) is 193 cm³/mol. The van der Waals surface area contributed by atoms with Crippen LogP contribution in [0.5, 0.6) is 17.6 Å². The van der Waals surface area contributed by atoms with Gasteiger partial charge in [-0.05, 0) is 131 Å². The molecule has 0 aliphatic heterocycles. The molecule has 3 aromatic carbocycles. The molecule has 0 saturated heterocycles. The van der Waals surface area contributed by atoms with E-state index in [4.69, 9.17) is 13.6 Å². The molecule has 0 spiro atoms. The fourth-order valence-electron chi connectivity index (χ4n) is 6.43. The van der Waals surface area contributed by atoms with Crippen LogP contribution in [0.4, 0.5) is 0 Å². The van der Waals surface area contributed by atoms with Gasteiger partial charge in [0.05, 0.1) is 33.1 Å². The van der Waals surface area contributed by atoms with Gasteiger partial charge >= 0.3 is 24.5 Å². The highest BCUT2D eigenvalue weighted by molar-refractivity contribution is 7.49. The maximum atomic E-state index is 14.9. The summed E-state index contributed by atoms with van der Waals surface area (Å²) in [5.74, 6) is -1.90. The minimum atomic E-state index is -5.19. The summed E-state index contributed by atoms with van der Waals surface area (Å²) in [5.41, 5.74) is 8.77. The molecule has 0 atom stereocenters. The van der Waals surface area contributed by atoms with Gasteiger partial charge in [0, 0.05) is 21.1 Å². The highest BCUT2D eigenvalue weighted by Gasteiger charge is 2.39. The first-order valence-corrected chi connectivity index (χ1v) is 17.4. The Morgan fingerprint density at radius 3 is 0.940 bits per heavy atom. The zero-order valence-electron chi connectivity index (χ0n) is 30.2. The molecule has 0 aliphatic carbocycles. The zero-order chi connectivity index (χ0) is 36.7. The maximum Gasteiger partial charge on any atom is 0.651 e. The van der Waals surface area contributed by atoms with Crippen molar-refractivity contribution in [2.75, 3.05) is 0 Å². The lowest BCUT2D eigenvalue weighted by Gasteiger charge is -2.20. The Kier molecular flexibility index (Phi) is 8.26. The molecule has 6 aromatic rings. The zero-order valence-corrected chi connectivity index (χ0v) is 31.1. The number of hydrogen-bond donors (Lipinski definition) is 0. The minimum Gasteiger partial charge on any atom is -0.361 e. The number of benzene rings is 3. The van der Waals surface area contributed by atoms with Crippen LogP contribution in [0.1, 0.15) is 50.1 Å². The van der Waals surface area contributed by atoms with Gasteiger partial charge in [-0.2, -0.15) is 4.57 Å². The summed E-state index contributed by atoms with van der Waals surface area (Å²) in [6.45, 7) is 17.2. The van der Waals surface area contributed by atoms with E-state index in [0.717, 1.165) is 50.1 Å². The predicted octanol–water partition coefficient (Wildman–Crippen LogP) is 5.85. The van der Waals surface area contributed by atoms with Crippen LogP contribution in [0.25, 0.3) is 33.1 Å². The third kappa shape index (κ3) is 5.36. The van der Waals surface area contributed by atoms with E-state index in [-0.39, 0.29) is 0 Å². The van der Waals surface area contributed by atoms with Crippen molar-refractivity contribution in [1.29, 1.82) is 0 Å². The topological polar surface area (TPSA) is 149 Å². The smallest absolute Gasteiger partial charge is 0.361 e. The summed E-state index contributed by atoms with van der Waals surface area (Å²) in [4.78, 5) is 54.3. The van der Waals surface area contributed by atoms with Crippen LogP contribution in [-0.4, -0.2) is 28.7 Å². The molecule has 0 saturated carbocycles. The van der Waals surface area contributed by atoms with E-state index in [9.17, 15) is 18.9 Å². The molecule has 50 heavy (non-hydrogen) atoms. The number of phosphoric acid groups is 1. The number of hydrogen-bond acceptors (Lipinski definition) is 10. The normalized spacial score (nSPS) is 11.9. The van der Waals surface area contributed by atoms with Gasteiger partial charge in [0.25, 0.3) is 17.6 Å². The van der Waals surface area contributed by atoms with Crippen molar-refractivity contribution < 1.29 is 18.1 Å². The third-order valence-corrected chi connectivity index (χ3v) is 11.2. The Hall–Kier alpha value is -5.29. The molecule has 0 amide bonds. The average Bonchev–Trinajstić information content (AvgIpc) is 3.04. The summed E-state index contributed by atoms with van der Waals surface area (Å²) in [7, 11) is -0.579. The highest BCUT2D eigenvalue weighted by Crippen LogP contribution is 2.47. The molecule has 3 heterocycles. The van der Waals surface area contributed by atoms with Crippen LogP contribution < -0.4 is 30.2 Å². The van der Waals surface area contributed by atoms with Gasteiger partial charge in [0.2, 0.25) is 0 Å². The van der Waals surface area contributed by atoms with E-state index < -0.39 is 42.1 Å². The van der Waals surface area contributed by atoms with Crippen molar-refractivity contribution in [1.82, 2.24) is 28.7 Å².